The van der Waals surface area contributed by atoms with Crippen LogP contribution in [0.15, 0.2) is 30.3 Å². The van der Waals surface area contributed by atoms with Gasteiger partial charge in [0.1, 0.15) is 5.78 Å². The number of carboxylic acids is 1. The van der Waals surface area contributed by atoms with E-state index in [2.05, 4.69) is 0 Å². The summed E-state index contributed by atoms with van der Waals surface area (Å²) in [6.07, 6.45) is 0.0796. The van der Waals surface area contributed by atoms with Crippen LogP contribution in [-0.4, -0.2) is 42.6 Å². The SMILES string of the molecule is C.COC(Cc1ccccc1)C(=O)OCCC(CC(C)=O)CC(=O)O.[2HH]. The van der Waals surface area contributed by atoms with Gasteiger partial charge < -0.3 is 19.4 Å². The molecule has 0 spiro atoms. The lowest BCUT2D eigenvalue weighted by Crippen LogP contribution is -2.28. The van der Waals surface area contributed by atoms with Crippen LogP contribution < -0.4 is 0 Å². The number of methoxy groups -OCH3 is 1. The maximum atomic E-state index is 12.1. The van der Waals surface area contributed by atoms with Crippen LogP contribution in [0.4, 0.5) is 0 Å². The van der Waals surface area contributed by atoms with Gasteiger partial charge in [0, 0.05) is 27.8 Å². The van der Waals surface area contributed by atoms with Crippen LogP contribution >= 0.6 is 0 Å². The molecule has 2 atom stereocenters. The number of aliphatic carboxylic acids is 1. The van der Waals surface area contributed by atoms with Gasteiger partial charge in [0.25, 0.3) is 0 Å². The minimum absolute atomic E-state index is 0. The number of Topliss-reactive ketones (excluding diaryl/α,β-unsaturated/α-hetero) is 1. The summed E-state index contributed by atoms with van der Waals surface area (Å²) in [4.78, 5) is 34.1. The van der Waals surface area contributed by atoms with Crippen LogP contribution in [0.25, 0.3) is 0 Å². The summed E-state index contributed by atoms with van der Waals surface area (Å²) >= 11 is 0. The largest absolute Gasteiger partial charge is 0.481 e. The van der Waals surface area contributed by atoms with Crippen molar-refractivity contribution >= 4 is 17.7 Å². The highest BCUT2D eigenvalue weighted by molar-refractivity contribution is 5.77. The molecule has 6 heteroatoms. The summed E-state index contributed by atoms with van der Waals surface area (Å²) < 4.78 is 10.4. The van der Waals surface area contributed by atoms with Gasteiger partial charge in [-0.2, -0.15) is 0 Å². The molecule has 0 aliphatic carbocycles. The molecule has 1 aromatic rings. The van der Waals surface area contributed by atoms with Crippen molar-refractivity contribution in [3.8, 4) is 0 Å². The number of rotatable bonds is 11. The van der Waals surface area contributed by atoms with E-state index in [0.717, 1.165) is 5.56 Å². The van der Waals surface area contributed by atoms with Crippen molar-refractivity contribution in [1.29, 1.82) is 0 Å². The summed E-state index contributed by atoms with van der Waals surface area (Å²) in [5, 5.41) is 8.86. The molecule has 6 nitrogen and oxygen atoms in total. The van der Waals surface area contributed by atoms with Gasteiger partial charge in [-0.25, -0.2) is 4.79 Å². The number of hydrogen-bond acceptors (Lipinski definition) is 5. The summed E-state index contributed by atoms with van der Waals surface area (Å²) in [6, 6.07) is 9.45. The third kappa shape index (κ3) is 9.62. The van der Waals surface area contributed by atoms with Crippen LogP contribution in [0.1, 0.15) is 40.6 Å². The van der Waals surface area contributed by atoms with Crippen LogP contribution in [0.3, 0.4) is 0 Å². The monoisotopic (exact) mass is 355 g/mol. The molecular weight excluding hydrogens is 324 g/mol. The van der Waals surface area contributed by atoms with E-state index in [4.69, 9.17) is 14.6 Å². The molecule has 1 N–H and O–H groups in total. The molecule has 0 amide bonds. The fourth-order valence-corrected chi connectivity index (χ4v) is 2.44. The zero-order valence-electron chi connectivity index (χ0n) is 14.1. The second-order valence-corrected chi connectivity index (χ2v) is 5.74. The van der Waals surface area contributed by atoms with Gasteiger partial charge in [-0.3, -0.25) is 4.79 Å². The lowest BCUT2D eigenvalue weighted by atomic mass is 9.96. The van der Waals surface area contributed by atoms with Gasteiger partial charge in [0.2, 0.25) is 0 Å². The van der Waals surface area contributed by atoms with E-state index in [1.54, 1.807) is 0 Å². The van der Waals surface area contributed by atoms with Crippen molar-refractivity contribution in [1.82, 2.24) is 0 Å². The molecule has 0 heterocycles. The Morgan fingerprint density at radius 2 is 1.80 bits per heavy atom. The minimum atomic E-state index is -0.966. The molecule has 0 fully saturated rings. The second-order valence-electron chi connectivity index (χ2n) is 5.74. The predicted molar refractivity (Wildman–Crippen MR) is 96.4 cm³/mol. The number of benzene rings is 1. The normalized spacial score (nSPS) is 12.6. The Bertz CT molecular complexity index is 530. The van der Waals surface area contributed by atoms with Crippen LogP contribution in [0.2, 0.25) is 0 Å². The number of carbonyl (C=O) groups excluding carboxylic acids is 2. The Morgan fingerprint density at radius 3 is 2.32 bits per heavy atom. The minimum Gasteiger partial charge on any atom is -0.481 e. The number of carbonyl (C=O) groups is 3. The van der Waals surface area contributed by atoms with Crippen molar-refractivity contribution in [3.05, 3.63) is 35.9 Å². The highest BCUT2D eigenvalue weighted by Gasteiger charge is 2.21. The molecule has 0 aromatic heterocycles. The number of carboxylic acid groups (broad SMARTS) is 1. The molecule has 0 bridgehead atoms. The van der Waals surface area contributed by atoms with Crippen LogP contribution in [0.5, 0.6) is 0 Å². The second kappa shape index (κ2) is 12.2. The fourth-order valence-electron chi connectivity index (χ4n) is 2.44. The number of ether oxygens (including phenoxy) is 2. The molecular formula is C19H30O6. The summed E-state index contributed by atoms with van der Waals surface area (Å²) in [5.74, 6) is -1.86. The summed E-state index contributed by atoms with van der Waals surface area (Å²) in [7, 11) is 1.44. The van der Waals surface area contributed by atoms with E-state index in [1.807, 2.05) is 30.3 Å². The first kappa shape index (κ1) is 22.8. The zero-order chi connectivity index (χ0) is 17.9. The molecule has 0 radical (unpaired) electrons. The lowest BCUT2D eigenvalue weighted by Gasteiger charge is -2.17. The van der Waals surface area contributed by atoms with Gasteiger partial charge in [-0.15, -0.1) is 0 Å². The predicted octanol–water partition coefficient (Wildman–Crippen LogP) is 3.13. The topological polar surface area (TPSA) is 89.9 Å². The molecule has 142 valence electrons. The number of ketones is 1. The quantitative estimate of drug-likeness (QED) is 0.613. The van der Waals surface area contributed by atoms with Gasteiger partial charge in [-0.05, 0) is 24.8 Å². The Labute approximate surface area is 150 Å². The van der Waals surface area contributed by atoms with Gasteiger partial charge in [0.05, 0.1) is 6.61 Å². The first-order valence-corrected chi connectivity index (χ1v) is 7.87. The van der Waals surface area contributed by atoms with Crippen molar-refractivity contribution in [3.63, 3.8) is 0 Å². The molecule has 1 aromatic carbocycles. The summed E-state index contributed by atoms with van der Waals surface area (Å²) in [5.41, 5.74) is 0.960. The number of hydrogen-bond donors (Lipinski definition) is 1. The molecule has 0 saturated heterocycles. The smallest absolute Gasteiger partial charge is 0.335 e. The van der Waals surface area contributed by atoms with E-state index in [9.17, 15) is 14.4 Å². The Kier molecular flexibility index (Phi) is 11.1. The third-order valence-corrected chi connectivity index (χ3v) is 3.62. The van der Waals surface area contributed by atoms with E-state index >= 15 is 0 Å². The van der Waals surface area contributed by atoms with E-state index in [0.29, 0.717) is 12.8 Å². The average Bonchev–Trinajstić information content (AvgIpc) is 2.52. The highest BCUT2D eigenvalue weighted by Crippen LogP contribution is 2.15. The van der Waals surface area contributed by atoms with E-state index in [-0.39, 0.29) is 40.0 Å². The highest BCUT2D eigenvalue weighted by atomic mass is 16.6. The zero-order valence-corrected chi connectivity index (χ0v) is 14.1. The fraction of sp³-hybridized carbons (Fsp3) is 0.526. The Morgan fingerprint density at radius 1 is 1.16 bits per heavy atom. The molecule has 0 aliphatic heterocycles. The molecule has 2 unspecified atom stereocenters. The van der Waals surface area contributed by atoms with Crippen molar-refractivity contribution in [2.24, 2.45) is 5.92 Å². The molecule has 25 heavy (non-hydrogen) atoms. The molecule has 0 saturated carbocycles. The molecule has 0 aliphatic rings. The molecule has 1 rings (SSSR count). The standard InChI is InChI=1S/C18H24O6.CH4.H2/c1-13(19)10-15(12-17(20)21)8-9-24-18(22)16(23-2)11-14-6-4-3-5-7-14;;/h3-7,15-16H,8-12H2,1-2H3,(H,20,21);1H4;1H/i;;1+1. The third-order valence-electron chi connectivity index (χ3n) is 3.62. The van der Waals surface area contributed by atoms with E-state index < -0.39 is 18.0 Å². The van der Waals surface area contributed by atoms with Crippen molar-refractivity contribution in [2.45, 2.75) is 46.1 Å². The van der Waals surface area contributed by atoms with Gasteiger partial charge in [0.15, 0.2) is 6.10 Å². The Balaban J connectivity index is 0. The summed E-state index contributed by atoms with van der Waals surface area (Å²) in [6.45, 7) is 1.49. The lowest BCUT2D eigenvalue weighted by molar-refractivity contribution is -0.155. The average molecular weight is 355 g/mol. The van der Waals surface area contributed by atoms with Gasteiger partial charge in [-0.1, -0.05) is 37.8 Å². The maximum Gasteiger partial charge on any atom is 0.335 e. The van der Waals surface area contributed by atoms with Crippen LogP contribution in [0, 0.1) is 5.92 Å². The maximum absolute atomic E-state index is 12.1. The van der Waals surface area contributed by atoms with E-state index in [1.165, 1.54) is 14.0 Å². The number of esters is 1. The van der Waals surface area contributed by atoms with Crippen molar-refractivity contribution < 1.29 is 30.4 Å². The first-order chi connectivity index (χ1) is 11.4. The Hall–Kier alpha value is -2.21. The van der Waals surface area contributed by atoms with Crippen LogP contribution in [-0.2, 0) is 30.3 Å². The van der Waals surface area contributed by atoms with Gasteiger partial charge >= 0.3 is 11.9 Å². The first-order valence-electron chi connectivity index (χ1n) is 7.87. The van der Waals surface area contributed by atoms with Crippen molar-refractivity contribution in [2.75, 3.05) is 13.7 Å².